The van der Waals surface area contributed by atoms with Gasteiger partial charge in [-0.25, -0.2) is 0 Å². The van der Waals surface area contributed by atoms with Crippen molar-refractivity contribution in [1.82, 2.24) is 0 Å². The molecular weight excluding hydrogens is 280 g/mol. The first-order valence-electron chi connectivity index (χ1n) is 6.27. The molecule has 0 radical (unpaired) electrons. The lowest BCUT2D eigenvalue weighted by atomic mass is 10.5. The molecule has 0 N–H and O–H groups in total. The van der Waals surface area contributed by atoms with Crippen molar-refractivity contribution < 1.29 is 9.13 Å². The van der Waals surface area contributed by atoms with Crippen LogP contribution in [0.4, 0.5) is 0 Å². The van der Waals surface area contributed by atoms with Crippen LogP contribution in [0.5, 0.6) is 0 Å². The van der Waals surface area contributed by atoms with Crippen LogP contribution in [0.3, 0.4) is 0 Å². The molecule has 0 rings (SSSR count). The number of rotatable bonds is 9. The zero-order chi connectivity index (χ0) is 14.8. The maximum Gasteiger partial charge on any atom is 0.145 e. The number of hydrogen-bond donors (Lipinski definition) is 0. The van der Waals surface area contributed by atoms with Crippen molar-refractivity contribution in [3.05, 3.63) is 0 Å². The van der Waals surface area contributed by atoms with Crippen LogP contribution in [-0.2, 0) is 9.13 Å². The van der Waals surface area contributed by atoms with Gasteiger partial charge in [0.25, 0.3) is 0 Å². The van der Waals surface area contributed by atoms with E-state index in [0.717, 1.165) is 0 Å². The SMILES string of the molecule is CCCP(=O)(CCC#N)P(=O)(CCC#N)CCC#N. The average molecular weight is 299 g/mol. The molecule has 104 valence electrons. The number of nitriles is 3. The summed E-state index contributed by atoms with van der Waals surface area (Å²) in [5, 5.41) is 25.9. The lowest BCUT2D eigenvalue weighted by Gasteiger charge is -2.26. The minimum Gasteiger partial charge on any atom is -0.316 e. The van der Waals surface area contributed by atoms with Gasteiger partial charge in [-0.3, -0.25) is 0 Å². The fourth-order valence-electron chi connectivity index (χ4n) is 1.98. The molecule has 0 aromatic heterocycles. The summed E-state index contributed by atoms with van der Waals surface area (Å²) >= 11 is 0. The van der Waals surface area contributed by atoms with Gasteiger partial charge >= 0.3 is 0 Å². The van der Waals surface area contributed by atoms with E-state index in [9.17, 15) is 9.13 Å². The fraction of sp³-hybridized carbons (Fsp3) is 0.750. The fourth-order valence-corrected chi connectivity index (χ4v) is 11.8. The molecule has 5 nitrogen and oxygen atoms in total. The zero-order valence-electron chi connectivity index (χ0n) is 11.2. The number of hydrogen-bond acceptors (Lipinski definition) is 5. The molecule has 0 saturated heterocycles. The van der Waals surface area contributed by atoms with E-state index in [1.807, 2.05) is 25.1 Å². The predicted molar refractivity (Wildman–Crippen MR) is 75.7 cm³/mol. The molecular formula is C12H19N3O2P2. The second-order valence-corrected chi connectivity index (χ2v) is 13.9. The van der Waals surface area contributed by atoms with Crippen LogP contribution < -0.4 is 0 Å². The maximum absolute atomic E-state index is 13.0. The highest BCUT2D eigenvalue weighted by atomic mass is 32.1. The van der Waals surface area contributed by atoms with Crippen molar-refractivity contribution in [2.24, 2.45) is 0 Å². The minimum atomic E-state index is -3.06. The summed E-state index contributed by atoms with van der Waals surface area (Å²) in [6.07, 6.45) is 1.61. The van der Waals surface area contributed by atoms with E-state index in [-0.39, 0.29) is 37.7 Å². The molecule has 0 bridgehead atoms. The second kappa shape index (κ2) is 8.93. The van der Waals surface area contributed by atoms with Crippen molar-refractivity contribution in [1.29, 1.82) is 15.8 Å². The second-order valence-electron chi connectivity index (χ2n) is 4.31. The average Bonchev–Trinajstić information content (AvgIpc) is 2.40. The normalized spacial score (nSPS) is 13.8. The molecule has 1 unspecified atom stereocenters. The van der Waals surface area contributed by atoms with Gasteiger partial charge in [-0.2, -0.15) is 15.8 Å². The van der Waals surface area contributed by atoms with Crippen LogP contribution in [-0.4, -0.2) is 24.6 Å². The van der Waals surface area contributed by atoms with E-state index in [4.69, 9.17) is 15.8 Å². The summed E-state index contributed by atoms with van der Waals surface area (Å²) in [6, 6.07) is 5.80. The Hall–Kier alpha value is -1.07. The van der Waals surface area contributed by atoms with Crippen molar-refractivity contribution in [2.45, 2.75) is 32.6 Å². The molecule has 0 aromatic carbocycles. The molecule has 1 atom stereocenters. The Balaban J connectivity index is 5.31. The Labute approximate surface area is 114 Å². The summed E-state index contributed by atoms with van der Waals surface area (Å²) in [5.74, 6) is 0. The Morgan fingerprint density at radius 2 is 1.05 bits per heavy atom. The summed E-state index contributed by atoms with van der Waals surface area (Å²) in [5.41, 5.74) is 0. The molecule has 0 aliphatic rings. The Bertz CT molecular complexity index is 475. The highest BCUT2D eigenvalue weighted by Crippen LogP contribution is 2.81. The summed E-state index contributed by atoms with van der Waals surface area (Å²) in [6.45, 7) is -4.19. The molecule has 7 heteroatoms. The van der Waals surface area contributed by atoms with Gasteiger partial charge in [-0.15, -0.1) is 0 Å². The zero-order valence-corrected chi connectivity index (χ0v) is 13.0. The van der Waals surface area contributed by atoms with Crippen molar-refractivity contribution in [3.63, 3.8) is 0 Å². The van der Waals surface area contributed by atoms with Crippen LogP contribution in [0.2, 0.25) is 0 Å². The monoisotopic (exact) mass is 299 g/mol. The van der Waals surface area contributed by atoms with Gasteiger partial charge in [0.05, 0.1) is 18.2 Å². The molecule has 0 amide bonds. The third kappa shape index (κ3) is 5.20. The minimum absolute atomic E-state index is 0.0863. The number of nitrogens with zero attached hydrogens (tertiary/aromatic N) is 3. The van der Waals surface area contributed by atoms with E-state index in [1.54, 1.807) is 0 Å². The van der Waals surface area contributed by atoms with E-state index < -0.39 is 13.7 Å². The Morgan fingerprint density at radius 3 is 1.32 bits per heavy atom. The van der Waals surface area contributed by atoms with Gasteiger partial charge in [0.15, 0.2) is 0 Å². The largest absolute Gasteiger partial charge is 0.316 e. The first-order valence-corrected chi connectivity index (χ1v) is 11.1. The summed E-state index contributed by atoms with van der Waals surface area (Å²) in [4.78, 5) is 0. The smallest absolute Gasteiger partial charge is 0.145 e. The lowest BCUT2D eigenvalue weighted by molar-refractivity contribution is 0.563. The first kappa shape index (κ1) is 17.9. The van der Waals surface area contributed by atoms with E-state index in [2.05, 4.69) is 0 Å². The lowest BCUT2D eigenvalue weighted by Crippen LogP contribution is -2.03. The molecule has 0 aliphatic carbocycles. The quantitative estimate of drug-likeness (QED) is 0.602. The van der Waals surface area contributed by atoms with Crippen LogP contribution in [0.25, 0.3) is 0 Å². The van der Waals surface area contributed by atoms with E-state index in [0.29, 0.717) is 12.6 Å². The van der Waals surface area contributed by atoms with Crippen molar-refractivity contribution in [3.8, 4) is 18.2 Å². The first-order chi connectivity index (χ1) is 8.99. The van der Waals surface area contributed by atoms with E-state index in [1.165, 1.54) is 0 Å². The van der Waals surface area contributed by atoms with Crippen molar-refractivity contribution in [2.75, 3.05) is 24.6 Å². The molecule has 0 heterocycles. The third-order valence-corrected chi connectivity index (χ3v) is 14.6. The van der Waals surface area contributed by atoms with Gasteiger partial charge < -0.3 is 9.13 Å². The summed E-state index contributed by atoms with van der Waals surface area (Å²) < 4.78 is 25.9. The molecule has 0 aromatic rings. The molecule has 0 aliphatic heterocycles. The van der Waals surface area contributed by atoms with Crippen molar-refractivity contribution >= 4 is 13.7 Å². The van der Waals surface area contributed by atoms with Gasteiger partial charge in [0.1, 0.15) is 13.7 Å². The van der Waals surface area contributed by atoms with E-state index >= 15 is 0 Å². The molecule has 19 heavy (non-hydrogen) atoms. The van der Waals surface area contributed by atoms with Crippen LogP contribution >= 0.6 is 13.7 Å². The highest BCUT2D eigenvalue weighted by molar-refractivity contribution is 8.36. The highest BCUT2D eigenvalue weighted by Gasteiger charge is 2.41. The Morgan fingerprint density at radius 1 is 0.737 bits per heavy atom. The standard InChI is InChI=1S/C12H19N3O2P2/c1-2-9-18(16,10-3-6-13)19(17,11-4-7-14)12-5-8-15/h2-5,9-12H2,1H3. The van der Waals surface area contributed by atoms with Gasteiger partial charge in [0.2, 0.25) is 0 Å². The predicted octanol–water partition coefficient (Wildman–Crippen LogP) is 3.78. The molecule has 0 fully saturated rings. The van der Waals surface area contributed by atoms with Gasteiger partial charge in [-0.05, 0) is 6.42 Å². The molecule has 0 saturated carbocycles. The van der Waals surface area contributed by atoms with Gasteiger partial charge in [-0.1, -0.05) is 6.92 Å². The van der Waals surface area contributed by atoms with Crippen LogP contribution in [0.1, 0.15) is 32.6 Å². The third-order valence-electron chi connectivity index (χ3n) is 2.96. The Kier molecular flexibility index (Phi) is 8.43. The molecule has 0 spiro atoms. The maximum atomic E-state index is 13.0. The van der Waals surface area contributed by atoms with Crippen LogP contribution in [0.15, 0.2) is 0 Å². The van der Waals surface area contributed by atoms with Crippen LogP contribution in [0, 0.1) is 34.0 Å². The summed E-state index contributed by atoms with van der Waals surface area (Å²) in [7, 11) is 0. The topological polar surface area (TPSA) is 106 Å². The van der Waals surface area contributed by atoms with Gasteiger partial charge in [0, 0.05) is 43.9 Å².